The molecule has 0 spiro atoms. The molecule has 2 aliphatic rings. The first-order valence-corrected chi connectivity index (χ1v) is 13.0. The van der Waals surface area contributed by atoms with E-state index in [2.05, 4.69) is 79.4 Å². The number of aromatic nitrogens is 1. The summed E-state index contributed by atoms with van der Waals surface area (Å²) in [6.07, 6.45) is 2.21. The van der Waals surface area contributed by atoms with Crippen molar-refractivity contribution in [2.24, 2.45) is 0 Å². The maximum Gasteiger partial charge on any atom is 0.226 e. The van der Waals surface area contributed by atoms with Gasteiger partial charge in [0.15, 0.2) is 0 Å². The SMILES string of the molecule is CN1CCN(Cc2cccc(-c3nc(CC(=O)NC4CC(C)(C)NC(C)(C)C4)cs3)c2)CC1. The second kappa shape index (κ2) is 9.82. The van der Waals surface area contributed by atoms with Crippen LogP contribution in [0.4, 0.5) is 0 Å². The summed E-state index contributed by atoms with van der Waals surface area (Å²) in [5.41, 5.74) is 3.35. The molecular weight excluding hydrogens is 430 g/mol. The van der Waals surface area contributed by atoms with Gasteiger partial charge < -0.3 is 15.5 Å². The van der Waals surface area contributed by atoms with Gasteiger partial charge in [-0.15, -0.1) is 11.3 Å². The summed E-state index contributed by atoms with van der Waals surface area (Å²) in [5.74, 6) is 0.0640. The number of benzene rings is 1. The van der Waals surface area contributed by atoms with Crippen molar-refractivity contribution in [2.45, 2.75) is 70.6 Å². The number of nitrogens with one attached hydrogen (secondary N) is 2. The molecule has 4 rings (SSSR count). The molecule has 0 bridgehead atoms. The van der Waals surface area contributed by atoms with Crippen LogP contribution in [-0.4, -0.2) is 71.0 Å². The Hall–Kier alpha value is -1.80. The molecule has 33 heavy (non-hydrogen) atoms. The third kappa shape index (κ3) is 6.85. The first-order chi connectivity index (χ1) is 15.6. The molecule has 1 aromatic heterocycles. The van der Waals surface area contributed by atoms with Gasteiger partial charge in [-0.25, -0.2) is 4.98 Å². The minimum absolute atomic E-state index is 0.0165. The van der Waals surface area contributed by atoms with E-state index in [1.165, 1.54) is 5.56 Å². The number of likely N-dealkylation sites (N-methyl/N-ethyl adjacent to an activating group) is 1. The second-order valence-electron chi connectivity index (χ2n) is 11.2. The Labute approximate surface area is 202 Å². The Bertz CT molecular complexity index is 945. The molecule has 2 fully saturated rings. The van der Waals surface area contributed by atoms with Gasteiger partial charge in [-0.2, -0.15) is 0 Å². The van der Waals surface area contributed by atoms with Crippen LogP contribution in [0.2, 0.25) is 0 Å². The number of carbonyl (C=O) groups is 1. The molecule has 3 heterocycles. The second-order valence-corrected chi connectivity index (χ2v) is 12.0. The van der Waals surface area contributed by atoms with E-state index in [4.69, 9.17) is 4.98 Å². The van der Waals surface area contributed by atoms with Gasteiger partial charge in [-0.1, -0.05) is 18.2 Å². The molecule has 2 saturated heterocycles. The van der Waals surface area contributed by atoms with Gasteiger partial charge in [0.2, 0.25) is 5.91 Å². The lowest BCUT2D eigenvalue weighted by Crippen LogP contribution is -2.62. The highest BCUT2D eigenvalue weighted by Crippen LogP contribution is 2.29. The number of hydrogen-bond donors (Lipinski definition) is 2. The van der Waals surface area contributed by atoms with Gasteiger partial charge in [0.05, 0.1) is 12.1 Å². The smallest absolute Gasteiger partial charge is 0.226 e. The number of thiazole rings is 1. The third-order valence-electron chi connectivity index (χ3n) is 6.62. The number of hydrogen-bond acceptors (Lipinski definition) is 6. The van der Waals surface area contributed by atoms with Gasteiger partial charge in [0, 0.05) is 60.8 Å². The maximum atomic E-state index is 12.8. The van der Waals surface area contributed by atoms with Gasteiger partial charge in [-0.05, 0) is 59.2 Å². The highest BCUT2D eigenvalue weighted by molar-refractivity contribution is 7.13. The lowest BCUT2D eigenvalue weighted by atomic mass is 9.79. The molecule has 1 aromatic carbocycles. The van der Waals surface area contributed by atoms with Gasteiger partial charge in [0.1, 0.15) is 5.01 Å². The van der Waals surface area contributed by atoms with Crippen LogP contribution in [0.3, 0.4) is 0 Å². The van der Waals surface area contributed by atoms with E-state index in [-0.39, 0.29) is 23.0 Å². The average molecular weight is 470 g/mol. The molecular formula is C26H39N5OS. The van der Waals surface area contributed by atoms with Crippen molar-refractivity contribution >= 4 is 17.2 Å². The fraction of sp³-hybridized carbons (Fsp3) is 0.615. The van der Waals surface area contributed by atoms with Crippen LogP contribution in [-0.2, 0) is 17.8 Å². The van der Waals surface area contributed by atoms with E-state index in [0.717, 1.165) is 61.8 Å². The zero-order valence-corrected chi connectivity index (χ0v) is 21.6. The Balaban J connectivity index is 1.35. The summed E-state index contributed by atoms with van der Waals surface area (Å²) in [4.78, 5) is 22.5. The normalized spacial score (nSPS) is 21.7. The molecule has 0 atom stereocenters. The summed E-state index contributed by atoms with van der Waals surface area (Å²) in [7, 11) is 2.19. The summed E-state index contributed by atoms with van der Waals surface area (Å²) < 4.78 is 0. The summed E-state index contributed by atoms with van der Waals surface area (Å²) in [6, 6.07) is 8.88. The summed E-state index contributed by atoms with van der Waals surface area (Å²) >= 11 is 1.62. The number of rotatable bonds is 6. The number of piperazine rings is 1. The Morgan fingerprint density at radius 3 is 2.55 bits per heavy atom. The van der Waals surface area contributed by atoms with Crippen molar-refractivity contribution in [2.75, 3.05) is 33.2 Å². The van der Waals surface area contributed by atoms with Crippen molar-refractivity contribution in [3.05, 3.63) is 40.9 Å². The molecule has 2 N–H and O–H groups in total. The third-order valence-corrected chi connectivity index (χ3v) is 7.56. The van der Waals surface area contributed by atoms with E-state index in [1.54, 1.807) is 11.3 Å². The molecule has 6 nitrogen and oxygen atoms in total. The van der Waals surface area contributed by atoms with Crippen LogP contribution in [0.25, 0.3) is 10.6 Å². The molecule has 0 unspecified atom stereocenters. The maximum absolute atomic E-state index is 12.8. The van der Waals surface area contributed by atoms with Crippen LogP contribution in [0, 0.1) is 0 Å². The monoisotopic (exact) mass is 469 g/mol. The lowest BCUT2D eigenvalue weighted by molar-refractivity contribution is -0.121. The number of piperidine rings is 1. The fourth-order valence-electron chi connectivity index (χ4n) is 5.46. The first kappa shape index (κ1) is 24.3. The number of nitrogens with zero attached hydrogens (tertiary/aromatic N) is 3. The Kier molecular flexibility index (Phi) is 7.24. The van der Waals surface area contributed by atoms with Gasteiger partial charge in [-0.3, -0.25) is 9.69 Å². The van der Waals surface area contributed by atoms with Crippen molar-refractivity contribution < 1.29 is 4.79 Å². The predicted molar refractivity (Wildman–Crippen MR) is 136 cm³/mol. The van der Waals surface area contributed by atoms with Crippen LogP contribution in [0.15, 0.2) is 29.6 Å². The molecule has 2 aromatic rings. The molecule has 1 amide bonds. The largest absolute Gasteiger partial charge is 0.353 e. The van der Waals surface area contributed by atoms with Crippen molar-refractivity contribution in [1.29, 1.82) is 0 Å². The van der Waals surface area contributed by atoms with Gasteiger partial charge >= 0.3 is 0 Å². The van der Waals surface area contributed by atoms with E-state index in [9.17, 15) is 4.79 Å². The molecule has 0 radical (unpaired) electrons. The minimum atomic E-state index is 0.0165. The van der Waals surface area contributed by atoms with Crippen LogP contribution in [0.5, 0.6) is 0 Å². The highest BCUT2D eigenvalue weighted by Gasteiger charge is 2.38. The van der Waals surface area contributed by atoms with E-state index >= 15 is 0 Å². The summed E-state index contributed by atoms with van der Waals surface area (Å²) in [5, 5.41) is 9.95. The van der Waals surface area contributed by atoms with Crippen molar-refractivity contribution in [3.8, 4) is 10.6 Å². The Morgan fingerprint density at radius 2 is 1.85 bits per heavy atom. The van der Waals surface area contributed by atoms with Crippen molar-refractivity contribution in [1.82, 2.24) is 25.4 Å². The van der Waals surface area contributed by atoms with Crippen LogP contribution < -0.4 is 10.6 Å². The van der Waals surface area contributed by atoms with Crippen molar-refractivity contribution in [3.63, 3.8) is 0 Å². The zero-order chi connectivity index (χ0) is 23.6. The van der Waals surface area contributed by atoms with Crippen LogP contribution in [0.1, 0.15) is 51.8 Å². The standard InChI is InChI=1S/C26H39N5OS/c1-25(2)15-22(16-26(3,4)29-25)27-23(32)14-21-18-33-24(28-21)20-8-6-7-19(13-20)17-31-11-9-30(5)10-12-31/h6-8,13,18,22,29H,9-12,14-17H2,1-5H3,(H,27,32). The fourth-order valence-corrected chi connectivity index (χ4v) is 6.27. The lowest BCUT2D eigenvalue weighted by Gasteiger charge is -2.46. The number of carbonyl (C=O) groups excluding carboxylic acids is 1. The Morgan fingerprint density at radius 1 is 1.15 bits per heavy atom. The summed E-state index contributed by atoms with van der Waals surface area (Å²) in [6.45, 7) is 14.3. The van der Waals surface area contributed by atoms with Crippen LogP contribution >= 0.6 is 11.3 Å². The topological polar surface area (TPSA) is 60.5 Å². The number of amides is 1. The highest BCUT2D eigenvalue weighted by atomic mass is 32.1. The zero-order valence-electron chi connectivity index (χ0n) is 20.8. The average Bonchev–Trinajstić information content (AvgIpc) is 3.16. The molecule has 0 aliphatic carbocycles. The van der Waals surface area contributed by atoms with E-state index in [0.29, 0.717) is 6.42 Å². The quantitative estimate of drug-likeness (QED) is 0.678. The molecule has 180 valence electrons. The first-order valence-electron chi connectivity index (χ1n) is 12.1. The molecule has 7 heteroatoms. The molecule has 0 saturated carbocycles. The predicted octanol–water partition coefficient (Wildman–Crippen LogP) is 3.53. The van der Waals surface area contributed by atoms with Gasteiger partial charge in [0.25, 0.3) is 0 Å². The molecule has 2 aliphatic heterocycles. The minimum Gasteiger partial charge on any atom is -0.353 e. The van der Waals surface area contributed by atoms with E-state index < -0.39 is 0 Å². The van der Waals surface area contributed by atoms with E-state index in [1.807, 2.05) is 5.38 Å².